The summed E-state index contributed by atoms with van der Waals surface area (Å²) in [6.45, 7) is 0.0931. The molecule has 0 aromatic carbocycles. The van der Waals surface area contributed by atoms with Crippen LogP contribution in [-0.4, -0.2) is 24.8 Å². The standard InChI is InChI=1S/C6H8ClF2NO/c7-3-1-2-4-10-6(11)5(8)9/h1-2,5H,3-4H2,(H,10,11)/b2-1+. The Balaban J connectivity index is 3.39. The number of alkyl halides is 3. The first kappa shape index (κ1) is 10.4. The van der Waals surface area contributed by atoms with E-state index in [4.69, 9.17) is 11.6 Å². The van der Waals surface area contributed by atoms with Crippen LogP contribution in [0.2, 0.25) is 0 Å². The van der Waals surface area contributed by atoms with Crippen LogP contribution in [-0.2, 0) is 4.79 Å². The van der Waals surface area contributed by atoms with E-state index in [9.17, 15) is 13.6 Å². The molecule has 0 saturated heterocycles. The normalized spacial score (nSPS) is 10.9. The van der Waals surface area contributed by atoms with Crippen molar-refractivity contribution in [2.45, 2.75) is 6.43 Å². The Labute approximate surface area is 68.2 Å². The molecule has 0 unspecified atom stereocenters. The number of nitrogens with one attached hydrogen (secondary N) is 1. The van der Waals surface area contributed by atoms with Crippen molar-refractivity contribution in [3.63, 3.8) is 0 Å². The lowest BCUT2D eigenvalue weighted by atomic mass is 10.5. The SMILES string of the molecule is O=C(NC/C=C/CCl)C(F)F. The molecule has 2 nitrogen and oxygen atoms in total. The third-order valence-corrected chi connectivity index (χ3v) is 1.03. The summed E-state index contributed by atoms with van der Waals surface area (Å²) < 4.78 is 23.0. The van der Waals surface area contributed by atoms with Gasteiger partial charge in [0.2, 0.25) is 0 Å². The Hall–Kier alpha value is -0.640. The van der Waals surface area contributed by atoms with Gasteiger partial charge in [0, 0.05) is 12.4 Å². The molecule has 0 aliphatic carbocycles. The van der Waals surface area contributed by atoms with Crippen LogP contribution in [0.5, 0.6) is 0 Å². The third kappa shape index (κ3) is 5.79. The molecule has 0 aromatic rings. The summed E-state index contributed by atoms with van der Waals surface area (Å²) in [5.41, 5.74) is 0. The number of carbonyl (C=O) groups excluding carboxylic acids is 1. The van der Waals surface area contributed by atoms with E-state index in [0.717, 1.165) is 0 Å². The molecule has 0 aliphatic heterocycles. The zero-order chi connectivity index (χ0) is 8.69. The Kier molecular flexibility index (Phi) is 5.74. The first-order valence-electron chi connectivity index (χ1n) is 2.95. The lowest BCUT2D eigenvalue weighted by molar-refractivity contribution is -0.131. The highest BCUT2D eigenvalue weighted by atomic mass is 35.5. The highest BCUT2D eigenvalue weighted by Crippen LogP contribution is 1.89. The van der Waals surface area contributed by atoms with Gasteiger partial charge >= 0.3 is 6.43 Å². The van der Waals surface area contributed by atoms with Crippen molar-refractivity contribution in [3.05, 3.63) is 12.2 Å². The molecule has 0 saturated carbocycles. The molecule has 0 radical (unpaired) electrons. The van der Waals surface area contributed by atoms with Crippen molar-refractivity contribution in [1.29, 1.82) is 0 Å². The van der Waals surface area contributed by atoms with Gasteiger partial charge in [-0.2, -0.15) is 8.78 Å². The summed E-state index contributed by atoms with van der Waals surface area (Å²) >= 11 is 5.23. The van der Waals surface area contributed by atoms with E-state index >= 15 is 0 Å². The molecule has 0 atom stereocenters. The predicted octanol–water partition coefficient (Wildman–Crippen LogP) is 1.16. The number of hydrogen-bond donors (Lipinski definition) is 1. The van der Waals surface area contributed by atoms with Crippen LogP contribution >= 0.6 is 11.6 Å². The first-order valence-corrected chi connectivity index (χ1v) is 3.48. The fourth-order valence-corrected chi connectivity index (χ4v) is 0.509. The van der Waals surface area contributed by atoms with Gasteiger partial charge in [-0.05, 0) is 0 Å². The maximum Gasteiger partial charge on any atom is 0.315 e. The molecule has 1 N–H and O–H groups in total. The van der Waals surface area contributed by atoms with Crippen molar-refractivity contribution < 1.29 is 13.6 Å². The van der Waals surface area contributed by atoms with Gasteiger partial charge in [-0.25, -0.2) is 0 Å². The minimum absolute atomic E-state index is 0.0931. The molecule has 0 aliphatic rings. The van der Waals surface area contributed by atoms with Gasteiger partial charge in [0.1, 0.15) is 0 Å². The van der Waals surface area contributed by atoms with Crippen molar-refractivity contribution in [1.82, 2.24) is 5.32 Å². The molecule has 11 heavy (non-hydrogen) atoms. The number of amides is 1. The van der Waals surface area contributed by atoms with E-state index in [1.165, 1.54) is 6.08 Å². The molecule has 0 fully saturated rings. The first-order chi connectivity index (χ1) is 5.18. The minimum Gasteiger partial charge on any atom is -0.348 e. The predicted molar refractivity (Wildman–Crippen MR) is 38.9 cm³/mol. The summed E-state index contributed by atoms with van der Waals surface area (Å²) in [6, 6.07) is 0. The summed E-state index contributed by atoms with van der Waals surface area (Å²) in [5, 5.41) is 1.98. The molecule has 0 aromatic heterocycles. The van der Waals surface area contributed by atoms with Gasteiger partial charge in [-0.3, -0.25) is 4.79 Å². The Morgan fingerprint density at radius 3 is 2.64 bits per heavy atom. The lowest BCUT2D eigenvalue weighted by Crippen LogP contribution is -2.29. The maximum absolute atomic E-state index is 11.5. The monoisotopic (exact) mass is 183 g/mol. The van der Waals surface area contributed by atoms with E-state index < -0.39 is 12.3 Å². The maximum atomic E-state index is 11.5. The molecule has 0 rings (SSSR count). The van der Waals surface area contributed by atoms with E-state index in [2.05, 4.69) is 0 Å². The van der Waals surface area contributed by atoms with Crippen molar-refractivity contribution in [3.8, 4) is 0 Å². The molecule has 0 spiro atoms. The largest absolute Gasteiger partial charge is 0.348 e. The molecule has 5 heteroatoms. The van der Waals surface area contributed by atoms with Crippen LogP contribution in [0.4, 0.5) is 8.78 Å². The van der Waals surface area contributed by atoms with Gasteiger partial charge in [0.25, 0.3) is 5.91 Å². The smallest absolute Gasteiger partial charge is 0.315 e. The van der Waals surface area contributed by atoms with E-state index in [1.54, 1.807) is 6.08 Å². The molecule has 0 heterocycles. The van der Waals surface area contributed by atoms with E-state index in [-0.39, 0.29) is 6.54 Å². The highest BCUT2D eigenvalue weighted by Gasteiger charge is 2.12. The van der Waals surface area contributed by atoms with Crippen LogP contribution in [0, 0.1) is 0 Å². The van der Waals surface area contributed by atoms with Crippen LogP contribution < -0.4 is 5.32 Å². The van der Waals surface area contributed by atoms with E-state index in [1.807, 2.05) is 5.32 Å². The minimum atomic E-state index is -2.94. The second kappa shape index (κ2) is 6.09. The summed E-state index contributed by atoms with van der Waals surface area (Å²) in [7, 11) is 0. The van der Waals surface area contributed by atoms with Crippen LogP contribution in [0.25, 0.3) is 0 Å². The van der Waals surface area contributed by atoms with Gasteiger partial charge in [-0.15, -0.1) is 11.6 Å². The fourth-order valence-electron chi connectivity index (χ4n) is 0.383. The molecular weight excluding hydrogens is 176 g/mol. The molecular formula is C6H8ClF2NO. The van der Waals surface area contributed by atoms with Gasteiger partial charge in [0.05, 0.1) is 0 Å². The third-order valence-electron chi connectivity index (χ3n) is 0.848. The number of rotatable bonds is 4. The van der Waals surface area contributed by atoms with Crippen molar-refractivity contribution in [2.24, 2.45) is 0 Å². The van der Waals surface area contributed by atoms with Gasteiger partial charge in [0.15, 0.2) is 0 Å². The molecule has 1 amide bonds. The van der Waals surface area contributed by atoms with Gasteiger partial charge in [-0.1, -0.05) is 12.2 Å². The zero-order valence-corrected chi connectivity index (χ0v) is 6.44. The number of halogens is 3. The highest BCUT2D eigenvalue weighted by molar-refractivity contribution is 6.18. The summed E-state index contributed by atoms with van der Waals surface area (Å²) in [4.78, 5) is 10.2. The van der Waals surface area contributed by atoms with Crippen molar-refractivity contribution >= 4 is 17.5 Å². The fraction of sp³-hybridized carbons (Fsp3) is 0.500. The lowest BCUT2D eigenvalue weighted by Gasteiger charge is -1.98. The quantitative estimate of drug-likeness (QED) is 0.515. The Morgan fingerprint density at radius 1 is 1.55 bits per heavy atom. The van der Waals surface area contributed by atoms with Crippen LogP contribution in [0.3, 0.4) is 0 Å². The summed E-state index contributed by atoms with van der Waals surface area (Å²) in [5.74, 6) is -0.950. The van der Waals surface area contributed by atoms with Crippen LogP contribution in [0.1, 0.15) is 0 Å². The zero-order valence-electron chi connectivity index (χ0n) is 5.69. The second-order valence-corrected chi connectivity index (χ2v) is 1.98. The number of allylic oxidation sites excluding steroid dienone is 1. The Morgan fingerprint density at radius 2 is 2.18 bits per heavy atom. The average Bonchev–Trinajstić information content (AvgIpc) is 1.97. The molecule has 64 valence electrons. The van der Waals surface area contributed by atoms with Gasteiger partial charge < -0.3 is 5.32 Å². The average molecular weight is 184 g/mol. The number of hydrogen-bond acceptors (Lipinski definition) is 1. The Bertz CT molecular complexity index is 150. The number of carbonyl (C=O) groups is 1. The molecule has 0 bridgehead atoms. The summed E-state index contributed by atoms with van der Waals surface area (Å²) in [6.07, 6.45) is 0.125. The van der Waals surface area contributed by atoms with Crippen molar-refractivity contribution in [2.75, 3.05) is 12.4 Å². The van der Waals surface area contributed by atoms with Crippen LogP contribution in [0.15, 0.2) is 12.2 Å². The topological polar surface area (TPSA) is 29.1 Å². The van der Waals surface area contributed by atoms with E-state index in [0.29, 0.717) is 5.88 Å². The second-order valence-electron chi connectivity index (χ2n) is 1.67.